The third kappa shape index (κ3) is 381. The Balaban J connectivity index is -0.00000000209. The molecule has 0 aromatic heterocycles. The van der Waals surface area contributed by atoms with Crippen LogP contribution in [0.15, 0.2) is 0 Å². The Kier molecular flexibility index (Phi) is 835. The van der Waals surface area contributed by atoms with Crippen LogP contribution in [0.3, 0.4) is 0 Å². The van der Waals surface area contributed by atoms with Gasteiger partial charge in [-0.05, 0) is 5.41 Å². The Bertz CT molecular complexity index is 52.9. The Morgan fingerprint density at radius 1 is 0.333 bits per heavy atom. The van der Waals surface area contributed by atoms with Gasteiger partial charge in [0.15, 0.2) is 0 Å². The summed E-state index contributed by atoms with van der Waals surface area (Å²) >= 11 is 0. The van der Waals surface area contributed by atoms with Crippen LogP contribution in [0.1, 0.15) is 103 Å². The molecule has 12 radical (unpaired) electrons. The summed E-state index contributed by atoms with van der Waals surface area (Å²) in [4.78, 5) is 0. The maximum atomic E-state index is 2.19. The molecule has 0 bridgehead atoms. The van der Waals surface area contributed by atoms with Gasteiger partial charge in [-0.25, -0.2) is 0 Å². The van der Waals surface area contributed by atoms with Crippen molar-refractivity contribution in [3.05, 3.63) is 14.9 Å². The fraction of sp³-hybridized carbons (Fsp3) is 0.889. The Labute approximate surface area is 501 Å². The number of hydrogen-bond acceptors (Lipinski definition) is 0. The van der Waals surface area contributed by atoms with Gasteiger partial charge in [0, 0.05) is 393 Å². The van der Waals surface area contributed by atoms with E-state index in [9.17, 15) is 0 Å². The van der Waals surface area contributed by atoms with Crippen LogP contribution in [-0.4, -0.2) is 0 Å². The van der Waals surface area contributed by atoms with Crippen molar-refractivity contribution < 1.29 is 393 Å². The zero-order valence-electron chi connectivity index (χ0n) is 24.1. The molecule has 0 aromatic rings. The van der Waals surface area contributed by atoms with E-state index >= 15 is 0 Å². The zero-order valence-corrected chi connectivity index (χ0v) is 58.2. The van der Waals surface area contributed by atoms with Crippen molar-refractivity contribution in [1.29, 1.82) is 0 Å². The average molecular weight is 1330 g/mol. The van der Waals surface area contributed by atoms with E-state index in [0.717, 1.165) is 0 Å². The first-order valence-electron chi connectivity index (χ1n) is 7.41. The van der Waals surface area contributed by atoms with Gasteiger partial charge in [0.25, 0.3) is 0 Å². The molecule has 0 fully saturated rings. The summed E-state index contributed by atoms with van der Waals surface area (Å²) in [5.74, 6) is 0. The minimum absolute atomic E-state index is 0. The van der Waals surface area contributed by atoms with Gasteiger partial charge in [-0.15, -0.1) is 0 Å². The van der Waals surface area contributed by atoms with E-state index in [1.807, 2.05) is 55.4 Å². The van der Waals surface area contributed by atoms with Gasteiger partial charge < -0.3 is 14.9 Å². The van der Waals surface area contributed by atoms with Crippen molar-refractivity contribution in [3.8, 4) is 0 Å². The van der Waals surface area contributed by atoms with E-state index in [-0.39, 0.29) is 407 Å². The average Bonchev–Trinajstić information content (AvgIpc) is 2.27. The molecule has 0 saturated carbocycles. The van der Waals surface area contributed by atoms with E-state index in [2.05, 4.69) is 41.5 Å². The molecule has 0 aliphatic heterocycles. The molecule has 0 aromatic carbocycles. The predicted octanol–water partition coefficient (Wildman–Crippen LogP) is 8.44. The van der Waals surface area contributed by atoms with Gasteiger partial charge in [0.1, 0.15) is 0 Å². The molecular weight excluding hydrogens is 1280 g/mol. The summed E-state index contributed by atoms with van der Waals surface area (Å²) in [6.45, 7) is 29.0. The fourth-order valence-corrected chi connectivity index (χ4v) is 0. The molecule has 0 unspecified atom stereocenters. The van der Waals surface area contributed by atoms with E-state index < -0.39 is 0 Å². The van der Waals surface area contributed by atoms with Gasteiger partial charge in [-0.2, -0.15) is 0 Å². The first-order valence-corrected chi connectivity index (χ1v) is 7.41. The van der Waals surface area contributed by atoms with Gasteiger partial charge in [0.2, 0.25) is 0 Å². The van der Waals surface area contributed by atoms with Crippen molar-refractivity contribution in [1.82, 2.24) is 0 Å². The molecule has 0 heterocycles. The molecule has 0 rings (SSSR count). The first kappa shape index (κ1) is 143. The Morgan fingerprint density at radius 3 is 0.333 bits per heavy atom. The van der Waals surface area contributed by atoms with Gasteiger partial charge >= 0.3 is 0 Å². The van der Waals surface area contributed by atoms with Gasteiger partial charge in [-0.1, -0.05) is 103 Å². The number of rotatable bonds is 0. The summed E-state index contributed by atoms with van der Waals surface area (Å²) in [5, 5.41) is 0. The quantitative estimate of drug-likeness (QED) is 0.214. The minimum Gasteiger partial charge on any atom is -0.358 e. The van der Waals surface area contributed by atoms with Crippen LogP contribution < -0.4 is 0 Å². The predicted molar refractivity (Wildman–Crippen MR) is 99.3 cm³/mol. The largest absolute Gasteiger partial charge is 0.358 e. The Hall–Kier alpha value is 13.2. The molecule has 160 valence electrons. The smallest absolute Gasteiger partial charge is 0 e. The summed E-state index contributed by atoms with van der Waals surface area (Å²) < 4.78 is 0. The molecule has 0 aliphatic rings. The van der Waals surface area contributed by atoms with E-state index in [1.54, 1.807) is 0 Å². The SMILES string of the molecule is CC.CC.CC.CC.CC(C)(C)C.CCC.[CH3-].[CH3-].[Y].[Y].[Y].[Y].[Y].[Y].[Y].[Y].[Y].[Y].[Y].[Y]. The monoisotopic (exact) mass is 1330 g/mol. The molecule has 0 atom stereocenters. The second-order valence-electron chi connectivity index (χ2n) is 3.71. The van der Waals surface area contributed by atoms with E-state index in [1.165, 1.54) is 6.42 Å². The fourth-order valence-electron chi connectivity index (χ4n) is 0. The van der Waals surface area contributed by atoms with Crippen LogP contribution in [0, 0.1) is 20.3 Å². The van der Waals surface area contributed by atoms with Crippen LogP contribution in [0.25, 0.3) is 0 Å². The maximum Gasteiger partial charge on any atom is 0 e. The molecule has 0 saturated heterocycles. The normalized spacial score (nSPS) is 3.40. The summed E-state index contributed by atoms with van der Waals surface area (Å²) in [7, 11) is 0. The van der Waals surface area contributed by atoms with Crippen LogP contribution in [0.5, 0.6) is 0 Å². The minimum atomic E-state index is 0. The third-order valence-electron chi connectivity index (χ3n) is 0. The summed E-state index contributed by atoms with van der Waals surface area (Å²) in [6.07, 6.45) is 1.25. The molecule has 0 aliphatic carbocycles. The topological polar surface area (TPSA) is 0 Å². The Morgan fingerprint density at radius 2 is 0.333 bits per heavy atom. The molecule has 12 heteroatoms. The second kappa shape index (κ2) is 175. The molecule has 0 nitrogen and oxygen atoms in total. The molecule has 0 spiro atoms. The second-order valence-corrected chi connectivity index (χ2v) is 3.71. The van der Waals surface area contributed by atoms with Gasteiger partial charge in [-0.3, -0.25) is 0 Å². The van der Waals surface area contributed by atoms with Crippen molar-refractivity contribution in [3.63, 3.8) is 0 Å². The van der Waals surface area contributed by atoms with Crippen molar-refractivity contribution >= 4 is 0 Å². The summed E-state index contributed by atoms with van der Waals surface area (Å²) in [5.41, 5.74) is 0.500. The summed E-state index contributed by atoms with van der Waals surface area (Å²) in [6, 6.07) is 0. The maximum absolute atomic E-state index is 2.19. The van der Waals surface area contributed by atoms with Crippen molar-refractivity contribution in [2.45, 2.75) is 103 Å². The van der Waals surface area contributed by atoms with Crippen LogP contribution in [0.2, 0.25) is 0 Å². The van der Waals surface area contributed by atoms with Gasteiger partial charge in [0.05, 0.1) is 0 Å². The molecule has 0 N–H and O–H groups in total. The first-order chi connectivity index (χ1) is 7.41. The van der Waals surface area contributed by atoms with Crippen LogP contribution >= 0.6 is 0 Å². The number of hydrogen-bond donors (Lipinski definition) is 0. The molecule has 30 heavy (non-hydrogen) atoms. The van der Waals surface area contributed by atoms with E-state index in [4.69, 9.17) is 0 Å². The molecule has 0 amide bonds. The van der Waals surface area contributed by atoms with Crippen molar-refractivity contribution in [2.75, 3.05) is 0 Å². The van der Waals surface area contributed by atoms with Crippen LogP contribution in [0.4, 0.5) is 0 Å². The van der Waals surface area contributed by atoms with Crippen LogP contribution in [-0.2, 0) is 393 Å². The zero-order chi connectivity index (χ0) is 15.2. The third-order valence-corrected chi connectivity index (χ3v) is 0. The van der Waals surface area contributed by atoms with Crippen molar-refractivity contribution in [2.24, 2.45) is 5.41 Å². The van der Waals surface area contributed by atoms with E-state index in [0.29, 0.717) is 5.41 Å². The molecular formula is C18H50Y12-2. The standard InChI is InChI=1S/C5H12.C3H8.4C2H6.2CH3.12Y/c1-5(2,3)4;1-3-2;4*1-2;;;;;;;;;;;;;;/h1-4H3;3H2,1-2H3;4*1-2H3;2*1H3;;;;;;;;;;;;/q;;;;;;2*-1;;;;;;;;;;;;.